The molecular formula is C15H22ClNO2. The molecule has 3 nitrogen and oxygen atoms in total. The highest BCUT2D eigenvalue weighted by Crippen LogP contribution is 2.29. The smallest absolute Gasteiger partial charge is 0.141 e. The van der Waals surface area contributed by atoms with E-state index in [-0.39, 0.29) is 0 Å². The maximum atomic E-state index is 6.18. The van der Waals surface area contributed by atoms with E-state index in [0.29, 0.717) is 24.3 Å². The van der Waals surface area contributed by atoms with Crippen LogP contribution in [0.1, 0.15) is 31.2 Å². The van der Waals surface area contributed by atoms with Gasteiger partial charge in [0, 0.05) is 6.61 Å². The van der Waals surface area contributed by atoms with Crippen molar-refractivity contribution < 1.29 is 9.47 Å². The fourth-order valence-corrected chi connectivity index (χ4v) is 2.67. The lowest BCUT2D eigenvalue weighted by atomic mass is 10.1. The van der Waals surface area contributed by atoms with Gasteiger partial charge in [-0.2, -0.15) is 0 Å². The topological polar surface area (TPSA) is 44.5 Å². The van der Waals surface area contributed by atoms with Crippen LogP contribution in [0.25, 0.3) is 0 Å². The Labute approximate surface area is 120 Å². The van der Waals surface area contributed by atoms with Crippen LogP contribution < -0.4 is 10.5 Å². The standard InChI is InChI=1S/C15H22ClNO2/c16-14-7-1-4-12(8-9-17)15(14)19-11-3-6-13-5-2-10-18-13/h1,4,7,13H,2-3,5-6,8-11,17H2. The molecule has 1 aliphatic heterocycles. The van der Waals surface area contributed by atoms with Crippen LogP contribution in [0.5, 0.6) is 5.75 Å². The van der Waals surface area contributed by atoms with E-state index in [0.717, 1.165) is 37.2 Å². The van der Waals surface area contributed by atoms with Crippen LogP contribution in [0, 0.1) is 0 Å². The van der Waals surface area contributed by atoms with Crippen LogP contribution in [0.3, 0.4) is 0 Å². The second-order valence-corrected chi connectivity index (χ2v) is 5.30. The third-order valence-corrected chi connectivity index (χ3v) is 3.70. The fourth-order valence-electron chi connectivity index (χ4n) is 2.42. The van der Waals surface area contributed by atoms with Gasteiger partial charge in [0.15, 0.2) is 0 Å². The zero-order chi connectivity index (χ0) is 13.5. The minimum atomic E-state index is 0.429. The summed E-state index contributed by atoms with van der Waals surface area (Å²) in [7, 11) is 0. The van der Waals surface area contributed by atoms with Gasteiger partial charge in [-0.1, -0.05) is 23.7 Å². The van der Waals surface area contributed by atoms with Crippen LogP contribution in [-0.2, 0) is 11.2 Å². The maximum Gasteiger partial charge on any atom is 0.141 e. The first-order chi connectivity index (χ1) is 9.31. The number of nitrogens with two attached hydrogens (primary N) is 1. The van der Waals surface area contributed by atoms with E-state index < -0.39 is 0 Å². The third kappa shape index (κ3) is 4.37. The van der Waals surface area contributed by atoms with Crippen molar-refractivity contribution in [3.8, 4) is 5.75 Å². The first-order valence-electron chi connectivity index (χ1n) is 7.03. The molecule has 106 valence electrons. The molecule has 0 radical (unpaired) electrons. The molecule has 19 heavy (non-hydrogen) atoms. The van der Waals surface area contributed by atoms with Crippen molar-refractivity contribution in [2.24, 2.45) is 5.73 Å². The van der Waals surface area contributed by atoms with Gasteiger partial charge in [0.2, 0.25) is 0 Å². The lowest BCUT2D eigenvalue weighted by Crippen LogP contribution is -2.09. The van der Waals surface area contributed by atoms with Gasteiger partial charge >= 0.3 is 0 Å². The van der Waals surface area contributed by atoms with Crippen molar-refractivity contribution in [3.05, 3.63) is 28.8 Å². The Balaban J connectivity index is 1.80. The van der Waals surface area contributed by atoms with Crippen LogP contribution in [0.15, 0.2) is 18.2 Å². The highest BCUT2D eigenvalue weighted by atomic mass is 35.5. The summed E-state index contributed by atoms with van der Waals surface area (Å²) in [6.45, 7) is 2.20. The maximum absolute atomic E-state index is 6.18. The molecule has 2 N–H and O–H groups in total. The van der Waals surface area contributed by atoms with Gasteiger partial charge in [0.25, 0.3) is 0 Å². The fraction of sp³-hybridized carbons (Fsp3) is 0.600. The molecule has 1 fully saturated rings. The van der Waals surface area contributed by atoms with Gasteiger partial charge in [-0.05, 0) is 50.3 Å². The second-order valence-electron chi connectivity index (χ2n) is 4.89. The molecule has 1 unspecified atom stereocenters. The number of hydrogen-bond donors (Lipinski definition) is 1. The normalized spacial score (nSPS) is 18.7. The molecule has 4 heteroatoms. The number of ether oxygens (including phenoxy) is 2. The lowest BCUT2D eigenvalue weighted by Gasteiger charge is -2.14. The van der Waals surface area contributed by atoms with Gasteiger partial charge in [-0.25, -0.2) is 0 Å². The van der Waals surface area contributed by atoms with E-state index >= 15 is 0 Å². The summed E-state index contributed by atoms with van der Waals surface area (Å²) in [5.74, 6) is 0.793. The number of rotatable bonds is 7. The Morgan fingerprint density at radius 1 is 1.42 bits per heavy atom. The van der Waals surface area contributed by atoms with Crippen molar-refractivity contribution in [1.29, 1.82) is 0 Å². The van der Waals surface area contributed by atoms with E-state index in [1.54, 1.807) is 0 Å². The molecule has 1 aromatic rings. The number of benzene rings is 1. The van der Waals surface area contributed by atoms with Crippen LogP contribution >= 0.6 is 11.6 Å². The molecule has 1 aliphatic rings. The van der Waals surface area contributed by atoms with Crippen LogP contribution in [0.2, 0.25) is 5.02 Å². The summed E-state index contributed by atoms with van der Waals surface area (Å²) in [6.07, 6.45) is 5.66. The minimum Gasteiger partial charge on any atom is -0.492 e. The van der Waals surface area contributed by atoms with Gasteiger partial charge in [-0.15, -0.1) is 0 Å². The summed E-state index contributed by atoms with van der Waals surface area (Å²) < 4.78 is 11.4. The largest absolute Gasteiger partial charge is 0.492 e. The Bertz CT molecular complexity index is 392. The number of halogens is 1. The first kappa shape index (κ1) is 14.6. The number of hydrogen-bond acceptors (Lipinski definition) is 3. The molecule has 1 aromatic carbocycles. The first-order valence-corrected chi connectivity index (χ1v) is 7.41. The summed E-state index contributed by atoms with van der Waals surface area (Å²) in [5, 5.41) is 0.670. The molecule has 1 heterocycles. The van der Waals surface area contributed by atoms with Crippen molar-refractivity contribution in [3.63, 3.8) is 0 Å². The van der Waals surface area contributed by atoms with Crippen LogP contribution in [0.4, 0.5) is 0 Å². The molecule has 0 spiro atoms. The van der Waals surface area contributed by atoms with Crippen molar-refractivity contribution in [1.82, 2.24) is 0 Å². The highest BCUT2D eigenvalue weighted by Gasteiger charge is 2.15. The number of para-hydroxylation sites is 1. The van der Waals surface area contributed by atoms with E-state index in [1.807, 2.05) is 18.2 Å². The minimum absolute atomic E-state index is 0.429. The van der Waals surface area contributed by atoms with E-state index in [1.165, 1.54) is 12.8 Å². The molecule has 0 saturated carbocycles. The average molecular weight is 284 g/mol. The van der Waals surface area contributed by atoms with E-state index in [4.69, 9.17) is 26.8 Å². The molecule has 0 bridgehead atoms. The van der Waals surface area contributed by atoms with Crippen molar-refractivity contribution in [2.45, 2.75) is 38.2 Å². The van der Waals surface area contributed by atoms with E-state index in [9.17, 15) is 0 Å². The summed E-state index contributed by atoms with van der Waals surface area (Å²) in [4.78, 5) is 0. The Morgan fingerprint density at radius 2 is 2.32 bits per heavy atom. The predicted molar refractivity (Wildman–Crippen MR) is 77.9 cm³/mol. The Kier molecular flexibility index (Phi) is 5.95. The van der Waals surface area contributed by atoms with Crippen LogP contribution in [-0.4, -0.2) is 25.9 Å². The summed E-state index contributed by atoms with van der Waals surface area (Å²) in [5.41, 5.74) is 6.69. The van der Waals surface area contributed by atoms with Gasteiger partial charge in [0.05, 0.1) is 17.7 Å². The zero-order valence-corrected chi connectivity index (χ0v) is 12.0. The van der Waals surface area contributed by atoms with Gasteiger partial charge < -0.3 is 15.2 Å². The van der Waals surface area contributed by atoms with Crippen molar-refractivity contribution >= 4 is 11.6 Å². The van der Waals surface area contributed by atoms with E-state index in [2.05, 4.69) is 0 Å². The summed E-state index contributed by atoms with van der Waals surface area (Å²) in [6, 6.07) is 5.82. The highest BCUT2D eigenvalue weighted by molar-refractivity contribution is 6.32. The van der Waals surface area contributed by atoms with Crippen molar-refractivity contribution in [2.75, 3.05) is 19.8 Å². The summed E-state index contributed by atoms with van der Waals surface area (Å²) >= 11 is 6.18. The molecular weight excluding hydrogens is 262 g/mol. The Morgan fingerprint density at radius 3 is 3.05 bits per heavy atom. The molecule has 1 saturated heterocycles. The monoisotopic (exact) mass is 283 g/mol. The molecule has 1 atom stereocenters. The predicted octanol–water partition coefficient (Wildman–Crippen LogP) is 3.18. The Hall–Kier alpha value is -0.770. The SMILES string of the molecule is NCCc1cccc(Cl)c1OCCCC1CCCO1. The zero-order valence-electron chi connectivity index (χ0n) is 11.2. The second kappa shape index (κ2) is 7.73. The molecule has 0 aromatic heterocycles. The van der Waals surface area contributed by atoms with Gasteiger partial charge in [0.1, 0.15) is 5.75 Å². The molecule has 0 aliphatic carbocycles. The average Bonchev–Trinajstić information content (AvgIpc) is 2.90. The lowest BCUT2D eigenvalue weighted by molar-refractivity contribution is 0.0981. The molecule has 0 amide bonds. The quantitative estimate of drug-likeness (QED) is 0.782. The molecule has 2 rings (SSSR count). The third-order valence-electron chi connectivity index (χ3n) is 3.40. The van der Waals surface area contributed by atoms with Gasteiger partial charge in [-0.3, -0.25) is 0 Å².